The fourth-order valence-electron chi connectivity index (χ4n) is 1.10. The molecule has 2 rings (SSSR count). The number of aromatic hydroxyl groups is 1. The summed E-state index contributed by atoms with van der Waals surface area (Å²) in [6, 6.07) is 4.50. The Kier molecular flexibility index (Phi) is 1.34. The molecular weight excluding hydrogens is 162 g/mol. The third-order valence-electron chi connectivity index (χ3n) is 1.62. The van der Waals surface area contributed by atoms with Crippen molar-refractivity contribution in [2.24, 2.45) is 0 Å². The molecule has 1 aliphatic heterocycles. The number of nitrogens with zero attached hydrogens (tertiary/aromatic N) is 2. The van der Waals surface area contributed by atoms with Crippen molar-refractivity contribution >= 4 is 11.4 Å². The van der Waals surface area contributed by atoms with E-state index in [1.807, 2.05) is 0 Å². The lowest BCUT2D eigenvalue weighted by Crippen LogP contribution is -2.40. The SMILES string of the molecule is Oc1cccc2c1N(O)NN2O. The van der Waals surface area contributed by atoms with Crippen molar-refractivity contribution in [3.63, 3.8) is 0 Å². The van der Waals surface area contributed by atoms with Gasteiger partial charge in [0.25, 0.3) is 0 Å². The Labute approximate surface area is 67.7 Å². The average molecular weight is 169 g/mol. The van der Waals surface area contributed by atoms with Crippen LogP contribution in [-0.4, -0.2) is 15.5 Å². The lowest BCUT2D eigenvalue weighted by molar-refractivity contribution is 0.144. The van der Waals surface area contributed by atoms with Crippen molar-refractivity contribution < 1.29 is 15.5 Å². The standard InChI is InChI=1S/C6H7N3O3/c10-5-3-1-2-4-6(5)9(12)7-8(4)11/h1-3,7,10-12H. The van der Waals surface area contributed by atoms with E-state index < -0.39 is 0 Å². The maximum absolute atomic E-state index is 9.24. The quantitative estimate of drug-likeness (QED) is 0.445. The summed E-state index contributed by atoms with van der Waals surface area (Å²) in [6.45, 7) is 0. The van der Waals surface area contributed by atoms with Crippen LogP contribution in [0.25, 0.3) is 0 Å². The molecule has 0 bridgehead atoms. The minimum absolute atomic E-state index is 0.112. The highest BCUT2D eigenvalue weighted by molar-refractivity contribution is 5.77. The Bertz CT molecular complexity index is 317. The molecular formula is C6H7N3O3. The Morgan fingerprint density at radius 3 is 2.58 bits per heavy atom. The number of benzene rings is 1. The first kappa shape index (κ1) is 7.17. The van der Waals surface area contributed by atoms with Crippen LogP contribution in [0.1, 0.15) is 0 Å². The van der Waals surface area contributed by atoms with Gasteiger partial charge in [0.05, 0.1) is 0 Å². The van der Waals surface area contributed by atoms with E-state index in [4.69, 9.17) is 10.4 Å². The van der Waals surface area contributed by atoms with Gasteiger partial charge < -0.3 is 5.11 Å². The van der Waals surface area contributed by atoms with Crippen molar-refractivity contribution in [2.75, 3.05) is 10.3 Å². The van der Waals surface area contributed by atoms with Gasteiger partial charge in [0.15, 0.2) is 5.69 Å². The molecule has 0 unspecified atom stereocenters. The first-order valence-corrected chi connectivity index (χ1v) is 3.26. The van der Waals surface area contributed by atoms with Gasteiger partial charge in [-0.25, -0.2) is 0 Å². The van der Waals surface area contributed by atoms with Crippen molar-refractivity contribution in [1.29, 1.82) is 0 Å². The van der Waals surface area contributed by atoms with Gasteiger partial charge in [-0.05, 0) is 12.1 Å². The molecule has 0 radical (unpaired) electrons. The minimum atomic E-state index is -0.112. The van der Waals surface area contributed by atoms with Crippen LogP contribution in [0.5, 0.6) is 5.75 Å². The van der Waals surface area contributed by atoms with Gasteiger partial charge in [0.2, 0.25) is 0 Å². The normalized spacial score (nSPS) is 15.2. The van der Waals surface area contributed by atoms with Crippen LogP contribution >= 0.6 is 0 Å². The Hall–Kier alpha value is -1.50. The Balaban J connectivity index is 2.59. The van der Waals surface area contributed by atoms with Gasteiger partial charge in [-0.2, -0.15) is 10.3 Å². The molecule has 4 N–H and O–H groups in total. The van der Waals surface area contributed by atoms with Crippen molar-refractivity contribution in [1.82, 2.24) is 5.53 Å². The number of anilines is 2. The van der Waals surface area contributed by atoms with Crippen LogP contribution in [0.3, 0.4) is 0 Å². The first-order chi connectivity index (χ1) is 5.70. The lowest BCUT2D eigenvalue weighted by Gasteiger charge is -2.09. The minimum Gasteiger partial charge on any atom is -0.506 e. The fraction of sp³-hybridized carbons (Fsp3) is 0. The van der Waals surface area contributed by atoms with Gasteiger partial charge in [-0.1, -0.05) is 11.6 Å². The molecule has 0 saturated carbocycles. The highest BCUT2D eigenvalue weighted by atomic mass is 16.6. The molecule has 6 heteroatoms. The zero-order chi connectivity index (χ0) is 8.72. The fourth-order valence-corrected chi connectivity index (χ4v) is 1.10. The van der Waals surface area contributed by atoms with E-state index >= 15 is 0 Å². The molecule has 12 heavy (non-hydrogen) atoms. The number of nitrogens with one attached hydrogen (secondary N) is 1. The van der Waals surface area contributed by atoms with E-state index in [2.05, 4.69) is 5.53 Å². The van der Waals surface area contributed by atoms with E-state index in [0.717, 1.165) is 0 Å². The van der Waals surface area contributed by atoms with E-state index in [-0.39, 0.29) is 17.1 Å². The number of hydrogen-bond donors (Lipinski definition) is 4. The summed E-state index contributed by atoms with van der Waals surface area (Å²) < 4.78 is 0. The zero-order valence-electron chi connectivity index (χ0n) is 5.97. The van der Waals surface area contributed by atoms with Crippen molar-refractivity contribution in [3.05, 3.63) is 18.2 Å². The molecule has 6 nitrogen and oxygen atoms in total. The largest absolute Gasteiger partial charge is 0.506 e. The van der Waals surface area contributed by atoms with Crippen LogP contribution in [0.15, 0.2) is 18.2 Å². The summed E-state index contributed by atoms with van der Waals surface area (Å²) in [6.07, 6.45) is 0. The monoisotopic (exact) mass is 169 g/mol. The third kappa shape index (κ3) is 0.797. The zero-order valence-corrected chi connectivity index (χ0v) is 5.97. The van der Waals surface area contributed by atoms with Crippen molar-refractivity contribution in [2.45, 2.75) is 0 Å². The number of fused-ring (bicyclic) bond motifs is 1. The molecule has 1 aromatic rings. The van der Waals surface area contributed by atoms with Crippen molar-refractivity contribution in [3.8, 4) is 5.75 Å². The molecule has 1 heterocycles. The maximum Gasteiger partial charge on any atom is 0.153 e. The Morgan fingerprint density at radius 2 is 1.92 bits per heavy atom. The Morgan fingerprint density at radius 1 is 1.17 bits per heavy atom. The number of rotatable bonds is 0. The number of para-hydroxylation sites is 1. The van der Waals surface area contributed by atoms with Gasteiger partial charge in [-0.3, -0.25) is 10.4 Å². The van der Waals surface area contributed by atoms with Crippen LogP contribution in [-0.2, 0) is 0 Å². The van der Waals surface area contributed by atoms with Crippen LogP contribution in [0, 0.1) is 0 Å². The van der Waals surface area contributed by atoms with Gasteiger partial charge in [0.1, 0.15) is 11.4 Å². The molecule has 0 spiro atoms. The van der Waals surface area contributed by atoms with E-state index in [9.17, 15) is 5.11 Å². The molecule has 0 fully saturated rings. The van der Waals surface area contributed by atoms with Crippen LogP contribution in [0.2, 0.25) is 0 Å². The molecule has 0 aliphatic carbocycles. The van der Waals surface area contributed by atoms with Gasteiger partial charge in [-0.15, -0.1) is 0 Å². The van der Waals surface area contributed by atoms with E-state index in [1.54, 1.807) is 6.07 Å². The second-order valence-electron chi connectivity index (χ2n) is 2.37. The van der Waals surface area contributed by atoms with Gasteiger partial charge in [0, 0.05) is 0 Å². The van der Waals surface area contributed by atoms with Crippen LogP contribution in [0.4, 0.5) is 11.4 Å². The molecule has 1 aliphatic rings. The summed E-state index contributed by atoms with van der Waals surface area (Å²) in [4.78, 5) is 0. The highest BCUT2D eigenvalue weighted by Crippen LogP contribution is 2.38. The number of phenols is 1. The summed E-state index contributed by atoms with van der Waals surface area (Å²) in [5.74, 6) is -0.112. The summed E-state index contributed by atoms with van der Waals surface area (Å²) in [5.41, 5.74) is 2.56. The third-order valence-corrected chi connectivity index (χ3v) is 1.62. The second kappa shape index (κ2) is 2.24. The predicted molar refractivity (Wildman–Crippen MR) is 39.8 cm³/mol. The smallest absolute Gasteiger partial charge is 0.153 e. The average Bonchev–Trinajstić information content (AvgIpc) is 2.29. The van der Waals surface area contributed by atoms with Gasteiger partial charge >= 0.3 is 0 Å². The number of phenolic OH excluding ortho intramolecular Hbond substituents is 1. The summed E-state index contributed by atoms with van der Waals surface area (Å²) in [7, 11) is 0. The molecule has 64 valence electrons. The summed E-state index contributed by atoms with van der Waals surface area (Å²) >= 11 is 0. The number of hydrogen-bond acceptors (Lipinski definition) is 6. The highest BCUT2D eigenvalue weighted by Gasteiger charge is 2.26. The predicted octanol–water partition coefficient (Wildman–Crippen LogP) is 0.217. The molecule has 1 aromatic carbocycles. The molecule has 0 amide bonds. The maximum atomic E-state index is 9.24. The van der Waals surface area contributed by atoms with E-state index in [0.29, 0.717) is 10.3 Å². The molecule has 0 saturated heterocycles. The van der Waals surface area contributed by atoms with Crippen LogP contribution < -0.4 is 15.9 Å². The van der Waals surface area contributed by atoms with E-state index in [1.165, 1.54) is 12.1 Å². The first-order valence-electron chi connectivity index (χ1n) is 3.26. The second-order valence-corrected chi connectivity index (χ2v) is 2.37. The molecule has 0 atom stereocenters. The molecule has 0 aromatic heterocycles. The topological polar surface area (TPSA) is 79.2 Å². The lowest BCUT2D eigenvalue weighted by atomic mass is 10.2. The number of hydrazine groups is 2. The summed E-state index contributed by atoms with van der Waals surface area (Å²) in [5, 5.41) is 28.6.